The number of halogens is 2. The molecular weight excluding hydrogens is 335 g/mol. The van der Waals surface area contributed by atoms with Gasteiger partial charge in [-0.1, -0.05) is 29.3 Å². The van der Waals surface area contributed by atoms with Gasteiger partial charge in [-0.15, -0.1) is 0 Å². The van der Waals surface area contributed by atoms with Gasteiger partial charge in [-0.3, -0.25) is 14.8 Å². The van der Waals surface area contributed by atoms with Gasteiger partial charge in [-0.2, -0.15) is 4.39 Å². The summed E-state index contributed by atoms with van der Waals surface area (Å²) < 4.78 is 40.0. The molecule has 0 amide bonds. The Hall–Kier alpha value is -2.19. The van der Waals surface area contributed by atoms with Gasteiger partial charge in [0.1, 0.15) is 0 Å². The third kappa shape index (κ3) is 3.34. The van der Waals surface area contributed by atoms with Crippen molar-refractivity contribution in [3.05, 3.63) is 62.9 Å². The summed E-state index contributed by atoms with van der Waals surface area (Å²) in [5, 5.41) is 10.3. The van der Waals surface area contributed by atoms with Gasteiger partial charge in [0.25, 0.3) is 10.0 Å². The molecule has 0 radical (unpaired) electrons. The largest absolute Gasteiger partial charge is 0.306 e. The molecule has 0 fully saturated rings. The Kier molecular flexibility index (Phi) is 4.34. The van der Waals surface area contributed by atoms with Crippen LogP contribution in [0.4, 0.5) is 15.8 Å². The second kappa shape index (κ2) is 5.90. The van der Waals surface area contributed by atoms with E-state index >= 15 is 0 Å². The standard InChI is InChI=1S/C13H10ClFN2O4S/c1-8-2-4-9(5-3-8)22(20,21)16-12-7-11(15)13(17(18)19)6-10(12)14/h2-7,16H,1H3. The number of nitrogens with one attached hydrogen (secondary N) is 1. The first-order valence-corrected chi connectivity index (χ1v) is 7.80. The van der Waals surface area contributed by atoms with E-state index in [4.69, 9.17) is 11.6 Å². The molecule has 0 unspecified atom stereocenters. The van der Waals surface area contributed by atoms with E-state index in [1.54, 1.807) is 19.1 Å². The van der Waals surface area contributed by atoms with E-state index < -0.39 is 26.5 Å². The third-order valence-corrected chi connectivity index (χ3v) is 4.50. The van der Waals surface area contributed by atoms with Crippen LogP contribution in [0.3, 0.4) is 0 Å². The highest BCUT2D eigenvalue weighted by Crippen LogP contribution is 2.31. The van der Waals surface area contributed by atoms with Crippen molar-refractivity contribution in [3.8, 4) is 0 Å². The van der Waals surface area contributed by atoms with Crippen molar-refractivity contribution in [2.45, 2.75) is 11.8 Å². The topological polar surface area (TPSA) is 89.3 Å². The molecule has 0 aliphatic heterocycles. The fourth-order valence-corrected chi connectivity index (χ4v) is 3.01. The molecule has 2 aromatic carbocycles. The quantitative estimate of drug-likeness (QED) is 0.679. The molecule has 0 bridgehead atoms. The maximum absolute atomic E-state index is 13.6. The SMILES string of the molecule is Cc1ccc(S(=O)(=O)Nc2cc(F)c([N+](=O)[O-])cc2Cl)cc1. The monoisotopic (exact) mass is 344 g/mol. The van der Waals surface area contributed by atoms with E-state index in [2.05, 4.69) is 4.72 Å². The van der Waals surface area contributed by atoms with Crippen molar-refractivity contribution in [2.75, 3.05) is 4.72 Å². The van der Waals surface area contributed by atoms with Crippen molar-refractivity contribution in [1.29, 1.82) is 0 Å². The van der Waals surface area contributed by atoms with Crippen molar-refractivity contribution in [3.63, 3.8) is 0 Å². The normalized spacial score (nSPS) is 11.2. The minimum absolute atomic E-state index is 0.0343. The molecule has 6 nitrogen and oxygen atoms in total. The van der Waals surface area contributed by atoms with Crippen LogP contribution in [0.5, 0.6) is 0 Å². The summed E-state index contributed by atoms with van der Waals surface area (Å²) in [6.07, 6.45) is 0. The number of hydrogen-bond acceptors (Lipinski definition) is 4. The number of nitrogens with zero attached hydrogens (tertiary/aromatic N) is 1. The van der Waals surface area contributed by atoms with Crippen molar-refractivity contribution < 1.29 is 17.7 Å². The highest BCUT2D eigenvalue weighted by atomic mass is 35.5. The first-order chi connectivity index (χ1) is 10.2. The molecule has 116 valence electrons. The van der Waals surface area contributed by atoms with Gasteiger partial charge in [0, 0.05) is 12.1 Å². The minimum atomic E-state index is -3.97. The van der Waals surface area contributed by atoms with Crippen LogP contribution >= 0.6 is 11.6 Å². The number of sulfonamides is 1. The highest BCUT2D eigenvalue weighted by molar-refractivity contribution is 7.92. The Balaban J connectivity index is 2.40. The van der Waals surface area contributed by atoms with Crippen LogP contribution in [-0.2, 0) is 10.0 Å². The average Bonchev–Trinajstić information content (AvgIpc) is 2.42. The van der Waals surface area contributed by atoms with Gasteiger partial charge in [0.05, 0.1) is 20.5 Å². The second-order valence-corrected chi connectivity index (χ2v) is 6.55. The van der Waals surface area contributed by atoms with Crippen molar-refractivity contribution in [1.82, 2.24) is 0 Å². The molecule has 2 aromatic rings. The van der Waals surface area contributed by atoms with E-state index in [1.165, 1.54) is 12.1 Å². The number of nitro groups is 1. The summed E-state index contributed by atoms with van der Waals surface area (Å²) in [7, 11) is -3.97. The Morgan fingerprint density at radius 3 is 2.36 bits per heavy atom. The summed E-state index contributed by atoms with van der Waals surface area (Å²) in [5.41, 5.74) is -0.230. The zero-order valence-corrected chi connectivity index (χ0v) is 12.8. The van der Waals surface area contributed by atoms with Gasteiger partial charge >= 0.3 is 5.69 Å². The summed E-state index contributed by atoms with van der Waals surface area (Å²) in [5.74, 6) is -1.18. The van der Waals surface area contributed by atoms with Gasteiger partial charge < -0.3 is 0 Å². The van der Waals surface area contributed by atoms with E-state index in [1.807, 2.05) is 0 Å². The second-order valence-electron chi connectivity index (χ2n) is 4.46. The van der Waals surface area contributed by atoms with Crippen molar-refractivity contribution in [2.24, 2.45) is 0 Å². The predicted molar refractivity (Wildman–Crippen MR) is 80.1 cm³/mol. The van der Waals surface area contributed by atoms with Crippen molar-refractivity contribution >= 4 is 33.0 Å². The molecule has 0 aromatic heterocycles. The van der Waals surface area contributed by atoms with Gasteiger partial charge in [-0.05, 0) is 19.1 Å². The molecule has 0 saturated heterocycles. The lowest BCUT2D eigenvalue weighted by molar-refractivity contribution is -0.387. The van der Waals surface area contributed by atoms with Crippen LogP contribution in [0.15, 0.2) is 41.3 Å². The molecule has 1 N–H and O–H groups in total. The fourth-order valence-electron chi connectivity index (χ4n) is 1.68. The number of benzene rings is 2. The van der Waals surface area contributed by atoms with E-state index in [9.17, 15) is 22.9 Å². The number of hydrogen-bond donors (Lipinski definition) is 1. The third-order valence-electron chi connectivity index (χ3n) is 2.81. The lowest BCUT2D eigenvalue weighted by Gasteiger charge is -2.10. The van der Waals surface area contributed by atoms with Gasteiger partial charge in [-0.25, -0.2) is 8.42 Å². The number of nitro benzene ring substituents is 1. The van der Waals surface area contributed by atoms with Crippen LogP contribution in [0.25, 0.3) is 0 Å². The average molecular weight is 345 g/mol. The smallest absolute Gasteiger partial charge is 0.278 e. The first-order valence-electron chi connectivity index (χ1n) is 5.93. The summed E-state index contributed by atoms with van der Waals surface area (Å²) in [6, 6.07) is 7.40. The minimum Gasteiger partial charge on any atom is -0.278 e. The Bertz CT molecular complexity index is 838. The molecule has 2 rings (SSSR count). The molecule has 0 aliphatic carbocycles. The van der Waals surface area contributed by atoms with Gasteiger partial charge in [0.15, 0.2) is 0 Å². The van der Waals surface area contributed by atoms with Crippen LogP contribution < -0.4 is 4.72 Å². The van der Waals surface area contributed by atoms with E-state index in [0.29, 0.717) is 6.07 Å². The number of rotatable bonds is 4. The fraction of sp³-hybridized carbons (Fsp3) is 0.0769. The molecule has 9 heteroatoms. The Morgan fingerprint density at radius 1 is 1.23 bits per heavy atom. The van der Waals surface area contributed by atoms with Crippen LogP contribution in [0, 0.1) is 22.9 Å². The zero-order chi connectivity index (χ0) is 16.5. The van der Waals surface area contributed by atoms with Gasteiger partial charge in [0.2, 0.25) is 5.82 Å². The zero-order valence-electron chi connectivity index (χ0n) is 11.2. The lowest BCUT2D eigenvalue weighted by Crippen LogP contribution is -2.13. The molecule has 22 heavy (non-hydrogen) atoms. The lowest BCUT2D eigenvalue weighted by atomic mass is 10.2. The van der Waals surface area contributed by atoms with Crippen LogP contribution in [-0.4, -0.2) is 13.3 Å². The first kappa shape index (κ1) is 16.2. The molecule has 0 saturated carbocycles. The summed E-state index contributed by atoms with van der Waals surface area (Å²) in [6.45, 7) is 1.80. The maximum Gasteiger partial charge on any atom is 0.306 e. The predicted octanol–water partition coefficient (Wildman–Crippen LogP) is 3.50. The summed E-state index contributed by atoms with van der Waals surface area (Å²) in [4.78, 5) is 9.61. The summed E-state index contributed by atoms with van der Waals surface area (Å²) >= 11 is 5.77. The molecule has 0 heterocycles. The van der Waals surface area contributed by atoms with E-state index in [-0.39, 0.29) is 15.6 Å². The molecule has 0 spiro atoms. The number of aryl methyl sites for hydroxylation is 1. The molecular formula is C13H10ClFN2O4S. The molecule has 0 aliphatic rings. The molecule has 0 atom stereocenters. The van der Waals surface area contributed by atoms with Crippen LogP contribution in [0.1, 0.15) is 5.56 Å². The van der Waals surface area contributed by atoms with Crippen LogP contribution in [0.2, 0.25) is 5.02 Å². The Morgan fingerprint density at radius 2 is 1.82 bits per heavy atom. The number of anilines is 1. The Labute approximate surface area is 130 Å². The maximum atomic E-state index is 13.6. The van der Waals surface area contributed by atoms with E-state index in [0.717, 1.165) is 11.6 Å². The highest BCUT2D eigenvalue weighted by Gasteiger charge is 2.21.